The first-order valence-electron chi connectivity index (χ1n) is 9.12. The minimum atomic E-state index is -3.64. The molecule has 2 heterocycles. The Balaban J connectivity index is 1.90. The number of ether oxygens (including phenoxy) is 1. The minimum absolute atomic E-state index is 0.0371. The topological polar surface area (TPSA) is 136 Å². The summed E-state index contributed by atoms with van der Waals surface area (Å²) in [5.41, 5.74) is 5.17. The normalized spacial score (nSPS) is 24.8. The van der Waals surface area contributed by atoms with Gasteiger partial charge in [0.15, 0.2) is 9.84 Å². The van der Waals surface area contributed by atoms with Crippen LogP contribution >= 0.6 is 0 Å². The number of nitrogens with two attached hydrogens (primary N) is 1. The third kappa shape index (κ3) is 3.87. The molecule has 0 saturated carbocycles. The van der Waals surface area contributed by atoms with Gasteiger partial charge in [0.1, 0.15) is 11.5 Å². The average molecular weight is 437 g/mol. The van der Waals surface area contributed by atoms with E-state index < -0.39 is 38.0 Å². The number of hydrogen-bond acceptors (Lipinski definition) is 8. The molecule has 1 fully saturated rings. The van der Waals surface area contributed by atoms with Crippen molar-refractivity contribution in [2.24, 2.45) is 5.73 Å². The summed E-state index contributed by atoms with van der Waals surface area (Å²) >= 11 is 0. The van der Waals surface area contributed by atoms with Crippen LogP contribution in [0.15, 0.2) is 30.6 Å². The minimum Gasteiger partial charge on any atom is -0.480 e. The van der Waals surface area contributed by atoms with E-state index in [4.69, 9.17) is 10.5 Å². The second-order valence-corrected chi connectivity index (χ2v) is 10.5. The van der Waals surface area contributed by atoms with Gasteiger partial charge >= 0.3 is 0 Å². The number of halogens is 1. The smallest absolute Gasteiger partial charge is 0.275 e. The van der Waals surface area contributed by atoms with Crippen LogP contribution in [-0.2, 0) is 15.4 Å². The molecule has 1 aromatic carbocycles. The fourth-order valence-corrected chi connectivity index (χ4v) is 5.05. The lowest BCUT2D eigenvalue weighted by atomic mass is 9.91. The van der Waals surface area contributed by atoms with Crippen molar-refractivity contribution in [3.05, 3.63) is 47.7 Å². The van der Waals surface area contributed by atoms with E-state index in [9.17, 15) is 17.6 Å². The Morgan fingerprint density at radius 3 is 2.57 bits per heavy atom. The molecule has 3 rings (SSSR count). The number of methoxy groups -OCH3 is 1. The molecule has 0 spiro atoms. The highest BCUT2D eigenvalue weighted by Crippen LogP contribution is 2.36. The van der Waals surface area contributed by atoms with Crippen LogP contribution in [0, 0.1) is 5.82 Å². The second-order valence-electron chi connectivity index (χ2n) is 7.91. The van der Waals surface area contributed by atoms with Crippen LogP contribution in [-0.4, -0.2) is 48.1 Å². The van der Waals surface area contributed by atoms with Crippen molar-refractivity contribution >= 4 is 21.4 Å². The van der Waals surface area contributed by atoms with Crippen LogP contribution in [0.2, 0.25) is 0 Å². The molecule has 9 nitrogen and oxygen atoms in total. The third-order valence-corrected chi connectivity index (χ3v) is 8.21. The summed E-state index contributed by atoms with van der Waals surface area (Å²) in [5.74, 6) is -1.27. The Morgan fingerprint density at radius 2 is 2.00 bits per heavy atom. The molecule has 0 aliphatic carbocycles. The Kier molecular flexibility index (Phi) is 5.56. The van der Waals surface area contributed by atoms with Crippen LogP contribution in [0.3, 0.4) is 0 Å². The number of hydrogen-bond donors (Lipinski definition) is 3. The van der Waals surface area contributed by atoms with Gasteiger partial charge in [0.2, 0.25) is 5.88 Å². The maximum atomic E-state index is 14.7. The van der Waals surface area contributed by atoms with Crippen molar-refractivity contribution in [2.45, 2.75) is 37.2 Å². The zero-order valence-corrected chi connectivity index (χ0v) is 17.9. The van der Waals surface area contributed by atoms with Crippen LogP contribution in [0.1, 0.15) is 36.8 Å². The summed E-state index contributed by atoms with van der Waals surface area (Å²) in [6, 6.07) is 3.92. The molecule has 0 radical (unpaired) electrons. The predicted molar refractivity (Wildman–Crippen MR) is 109 cm³/mol. The number of anilines is 1. The molecule has 2 atom stereocenters. The van der Waals surface area contributed by atoms with Crippen LogP contribution in [0.4, 0.5) is 10.1 Å². The Hall–Kier alpha value is -2.63. The molecule has 2 aromatic rings. The quantitative estimate of drug-likeness (QED) is 0.649. The molecule has 4 N–H and O–H groups in total. The molecule has 1 aliphatic heterocycles. The van der Waals surface area contributed by atoms with Crippen LogP contribution in [0.5, 0.6) is 5.88 Å². The van der Waals surface area contributed by atoms with E-state index >= 15 is 0 Å². The molecule has 1 saturated heterocycles. The molecule has 1 aromatic heterocycles. The lowest BCUT2D eigenvalue weighted by Crippen LogP contribution is -2.69. The number of carbonyl (C=O) groups excluding carboxylic acids is 1. The first-order chi connectivity index (χ1) is 13.9. The predicted octanol–water partition coefficient (Wildman–Crippen LogP) is 1.17. The molecular formula is C19H24FN5O4S. The highest BCUT2D eigenvalue weighted by molar-refractivity contribution is 7.92. The molecule has 1 unspecified atom stereocenters. The highest BCUT2D eigenvalue weighted by atomic mass is 32.2. The van der Waals surface area contributed by atoms with Crippen LogP contribution < -0.4 is 21.1 Å². The molecule has 11 heteroatoms. The highest BCUT2D eigenvalue weighted by Gasteiger charge is 2.52. The van der Waals surface area contributed by atoms with E-state index in [-0.39, 0.29) is 28.6 Å². The molecule has 162 valence electrons. The first-order valence-corrected chi connectivity index (χ1v) is 10.8. The van der Waals surface area contributed by atoms with Gasteiger partial charge in [0, 0.05) is 11.3 Å². The largest absolute Gasteiger partial charge is 0.480 e. The summed E-state index contributed by atoms with van der Waals surface area (Å²) in [6.07, 6.45) is 1.64. The SMILES string of the molecule is COc1cnc(C(=O)Nc2ccc(F)c([C@]3(C)CS(=O)(=O)C(C)(C)C(N)N3)c2)cn1. The van der Waals surface area contributed by atoms with E-state index in [0.717, 1.165) is 6.07 Å². The summed E-state index contributed by atoms with van der Waals surface area (Å²) in [5, 5.41) is 5.64. The van der Waals surface area contributed by atoms with E-state index in [0.29, 0.717) is 0 Å². The summed E-state index contributed by atoms with van der Waals surface area (Å²) in [6.45, 7) is 4.63. The van der Waals surface area contributed by atoms with Gasteiger partial charge in [-0.3, -0.25) is 10.1 Å². The van der Waals surface area contributed by atoms with Crippen molar-refractivity contribution in [3.63, 3.8) is 0 Å². The second kappa shape index (κ2) is 7.56. The van der Waals surface area contributed by atoms with E-state index in [1.165, 1.54) is 45.5 Å². The first kappa shape index (κ1) is 22.1. The van der Waals surface area contributed by atoms with E-state index in [2.05, 4.69) is 20.6 Å². The average Bonchev–Trinajstić information content (AvgIpc) is 2.67. The fraction of sp³-hybridized carbons (Fsp3) is 0.421. The molecule has 1 amide bonds. The monoisotopic (exact) mass is 437 g/mol. The van der Waals surface area contributed by atoms with Gasteiger partial charge in [-0.1, -0.05) is 0 Å². The number of amides is 1. The van der Waals surface area contributed by atoms with Crippen LogP contribution in [0.25, 0.3) is 0 Å². The van der Waals surface area contributed by atoms with E-state index in [1.807, 2.05) is 0 Å². The lowest BCUT2D eigenvalue weighted by Gasteiger charge is -2.46. The summed E-state index contributed by atoms with van der Waals surface area (Å²) < 4.78 is 43.9. The standard InChI is InChI=1S/C19H24FN5O4S/c1-18(2)17(21)25-19(3,10-30(18,27)28)12-7-11(5-6-13(12)20)24-16(26)14-8-23-15(29-4)9-22-14/h5-9,17,25H,10,21H2,1-4H3,(H,24,26)/t17?,19-/m0/s1. The number of sulfone groups is 1. The van der Waals surface area contributed by atoms with Gasteiger partial charge in [-0.05, 0) is 39.0 Å². The third-order valence-electron chi connectivity index (χ3n) is 5.39. The van der Waals surface area contributed by atoms with Gasteiger partial charge in [-0.15, -0.1) is 0 Å². The molecule has 0 bridgehead atoms. The number of nitrogens with zero attached hydrogens (tertiary/aromatic N) is 2. The zero-order chi connectivity index (χ0) is 22.3. The molecule has 30 heavy (non-hydrogen) atoms. The van der Waals surface area contributed by atoms with Gasteiger partial charge in [-0.2, -0.15) is 0 Å². The van der Waals surface area contributed by atoms with Crippen molar-refractivity contribution in [1.29, 1.82) is 0 Å². The summed E-state index contributed by atoms with van der Waals surface area (Å²) in [7, 11) is -2.21. The number of aromatic nitrogens is 2. The number of benzene rings is 1. The lowest BCUT2D eigenvalue weighted by molar-refractivity contribution is 0.102. The maximum absolute atomic E-state index is 14.7. The number of rotatable bonds is 4. The molecule has 1 aliphatic rings. The van der Waals surface area contributed by atoms with Crippen molar-refractivity contribution in [3.8, 4) is 5.88 Å². The number of nitrogens with one attached hydrogen (secondary N) is 2. The van der Waals surface area contributed by atoms with Gasteiger partial charge < -0.3 is 15.8 Å². The zero-order valence-electron chi connectivity index (χ0n) is 17.1. The molecular weight excluding hydrogens is 413 g/mol. The Bertz CT molecular complexity index is 1070. The van der Waals surface area contributed by atoms with Gasteiger partial charge in [-0.25, -0.2) is 22.8 Å². The van der Waals surface area contributed by atoms with Gasteiger partial charge in [0.25, 0.3) is 5.91 Å². The van der Waals surface area contributed by atoms with Crippen molar-refractivity contribution in [2.75, 3.05) is 18.2 Å². The van der Waals surface area contributed by atoms with Crippen molar-refractivity contribution < 1.29 is 22.3 Å². The maximum Gasteiger partial charge on any atom is 0.275 e. The Morgan fingerprint density at radius 1 is 1.30 bits per heavy atom. The Labute approximate surface area is 174 Å². The number of carbonyl (C=O) groups is 1. The fourth-order valence-electron chi connectivity index (χ4n) is 3.23. The van der Waals surface area contributed by atoms with Crippen molar-refractivity contribution in [1.82, 2.24) is 15.3 Å². The van der Waals surface area contributed by atoms with Gasteiger partial charge in [0.05, 0.1) is 41.7 Å². The summed E-state index contributed by atoms with van der Waals surface area (Å²) in [4.78, 5) is 20.3. The van der Waals surface area contributed by atoms with E-state index in [1.54, 1.807) is 6.92 Å².